The van der Waals surface area contributed by atoms with Gasteiger partial charge in [0, 0.05) is 11.9 Å². The molecule has 1 aliphatic rings. The molecule has 0 unspecified atom stereocenters. The highest BCUT2D eigenvalue weighted by atomic mass is 32.2. The van der Waals surface area contributed by atoms with E-state index in [-0.39, 0.29) is 17.9 Å². The van der Waals surface area contributed by atoms with Crippen LogP contribution in [0.2, 0.25) is 0 Å². The molecule has 0 aromatic carbocycles. The number of hydrogen-bond donors (Lipinski definition) is 3. The Morgan fingerprint density at radius 2 is 2.62 bits per heavy atom. The second-order valence-electron chi connectivity index (χ2n) is 3.12. The predicted molar refractivity (Wildman–Crippen MR) is 56.6 cm³/mol. The summed E-state index contributed by atoms with van der Waals surface area (Å²) in [5, 5.41) is 11.5. The first-order chi connectivity index (χ1) is 7.69. The Morgan fingerprint density at radius 3 is 3.31 bits per heavy atom. The first kappa shape index (κ1) is 11.4. The molecule has 0 amide bonds. The van der Waals surface area contributed by atoms with Crippen LogP contribution in [-0.4, -0.2) is 39.1 Å². The Morgan fingerprint density at radius 1 is 1.81 bits per heavy atom. The summed E-state index contributed by atoms with van der Waals surface area (Å²) in [6.45, 7) is -0.103. The number of hydrogen-bond acceptors (Lipinski definition) is 6. The quantitative estimate of drug-likeness (QED) is 0.681. The third kappa shape index (κ3) is 2.52. The standard InChI is InChI=1S/C8H10FN3O3S/c9-4-1-10-8(14)12-7(4)11-5-3-16-6(2-13)15-5/h1,5-6,13H,2-3H2,(H2,10,11,12,14)/t5-,6+/m1/s1. The van der Waals surface area contributed by atoms with Crippen molar-refractivity contribution >= 4 is 17.6 Å². The minimum absolute atomic E-state index is 0.103. The molecule has 0 radical (unpaired) electrons. The highest BCUT2D eigenvalue weighted by molar-refractivity contribution is 8.00. The number of anilines is 1. The van der Waals surface area contributed by atoms with E-state index >= 15 is 0 Å². The summed E-state index contributed by atoms with van der Waals surface area (Å²) in [7, 11) is 0. The van der Waals surface area contributed by atoms with Crippen molar-refractivity contribution in [2.45, 2.75) is 11.7 Å². The second kappa shape index (κ2) is 4.81. The number of aromatic nitrogens is 2. The Bertz CT molecular complexity index is 427. The van der Waals surface area contributed by atoms with Gasteiger partial charge in [-0.15, -0.1) is 11.8 Å². The molecule has 0 bridgehead atoms. The predicted octanol–water partition coefficient (Wildman–Crippen LogP) is -0.271. The number of nitrogens with zero attached hydrogens (tertiary/aromatic N) is 1. The fourth-order valence-corrected chi connectivity index (χ4v) is 2.13. The minimum atomic E-state index is -0.652. The van der Waals surface area contributed by atoms with Gasteiger partial charge in [-0.1, -0.05) is 0 Å². The van der Waals surface area contributed by atoms with Gasteiger partial charge in [0.25, 0.3) is 0 Å². The van der Waals surface area contributed by atoms with Gasteiger partial charge in [0.2, 0.25) is 0 Å². The maximum absolute atomic E-state index is 13.2. The molecule has 2 atom stereocenters. The van der Waals surface area contributed by atoms with Crippen LogP contribution in [0.5, 0.6) is 0 Å². The van der Waals surface area contributed by atoms with Crippen LogP contribution in [0.25, 0.3) is 0 Å². The van der Waals surface area contributed by atoms with Crippen LogP contribution in [0.3, 0.4) is 0 Å². The largest absolute Gasteiger partial charge is 0.393 e. The van der Waals surface area contributed by atoms with Crippen molar-refractivity contribution in [3.05, 3.63) is 22.5 Å². The van der Waals surface area contributed by atoms with E-state index in [0.29, 0.717) is 5.75 Å². The van der Waals surface area contributed by atoms with E-state index in [2.05, 4.69) is 15.3 Å². The van der Waals surface area contributed by atoms with Gasteiger partial charge in [-0.2, -0.15) is 4.98 Å². The monoisotopic (exact) mass is 247 g/mol. The normalized spacial score (nSPS) is 24.6. The van der Waals surface area contributed by atoms with E-state index in [1.807, 2.05) is 0 Å². The van der Waals surface area contributed by atoms with Crippen molar-refractivity contribution in [1.82, 2.24) is 9.97 Å². The van der Waals surface area contributed by atoms with Gasteiger partial charge in [0.05, 0.1) is 6.61 Å². The highest BCUT2D eigenvalue weighted by Crippen LogP contribution is 2.25. The maximum Gasteiger partial charge on any atom is 0.347 e. The van der Waals surface area contributed by atoms with E-state index < -0.39 is 17.7 Å². The fraction of sp³-hybridized carbons (Fsp3) is 0.500. The third-order valence-corrected chi connectivity index (χ3v) is 3.09. The number of nitrogens with one attached hydrogen (secondary N) is 2. The van der Waals surface area contributed by atoms with Crippen LogP contribution in [0.15, 0.2) is 11.0 Å². The molecule has 16 heavy (non-hydrogen) atoms. The zero-order chi connectivity index (χ0) is 11.5. The Hall–Kier alpha value is -1.12. The molecular formula is C8H10FN3O3S. The van der Waals surface area contributed by atoms with Crippen molar-refractivity contribution < 1.29 is 14.2 Å². The fourth-order valence-electron chi connectivity index (χ4n) is 1.26. The Labute approximate surface area is 94.2 Å². The van der Waals surface area contributed by atoms with Gasteiger partial charge in [-0.3, -0.25) is 0 Å². The maximum atomic E-state index is 13.2. The number of rotatable bonds is 3. The van der Waals surface area contributed by atoms with Gasteiger partial charge < -0.3 is 20.1 Å². The van der Waals surface area contributed by atoms with Crippen LogP contribution in [-0.2, 0) is 4.74 Å². The smallest absolute Gasteiger partial charge is 0.347 e. The van der Waals surface area contributed by atoms with E-state index in [0.717, 1.165) is 6.20 Å². The third-order valence-electron chi connectivity index (χ3n) is 1.96. The van der Waals surface area contributed by atoms with Crippen LogP contribution < -0.4 is 11.0 Å². The topological polar surface area (TPSA) is 87.2 Å². The van der Waals surface area contributed by atoms with Crippen molar-refractivity contribution in [3.8, 4) is 0 Å². The van der Waals surface area contributed by atoms with Crippen molar-refractivity contribution in [2.75, 3.05) is 17.7 Å². The Kier molecular flexibility index (Phi) is 3.42. The summed E-state index contributed by atoms with van der Waals surface area (Å²) in [4.78, 5) is 16.4. The number of aliphatic hydroxyl groups is 1. The van der Waals surface area contributed by atoms with Crippen molar-refractivity contribution in [1.29, 1.82) is 0 Å². The summed E-state index contributed by atoms with van der Waals surface area (Å²) >= 11 is 1.41. The summed E-state index contributed by atoms with van der Waals surface area (Å²) in [5.41, 5.74) is -0.948. The molecular weight excluding hydrogens is 237 g/mol. The van der Waals surface area contributed by atoms with Crippen LogP contribution >= 0.6 is 11.8 Å². The number of H-pyrrole nitrogens is 1. The molecule has 1 fully saturated rings. The number of aliphatic hydroxyl groups excluding tert-OH is 1. The van der Waals surface area contributed by atoms with Gasteiger partial charge in [-0.05, 0) is 0 Å². The molecule has 0 saturated carbocycles. The Balaban J connectivity index is 2.04. The number of thioether (sulfide) groups is 1. The number of aromatic amines is 1. The van der Waals surface area contributed by atoms with Gasteiger partial charge in [0.1, 0.15) is 11.7 Å². The molecule has 0 aliphatic carbocycles. The van der Waals surface area contributed by atoms with Crippen LogP contribution in [0.1, 0.15) is 0 Å². The van der Waals surface area contributed by atoms with Crippen molar-refractivity contribution in [3.63, 3.8) is 0 Å². The van der Waals surface area contributed by atoms with E-state index in [1.165, 1.54) is 11.8 Å². The second-order valence-corrected chi connectivity index (χ2v) is 4.31. The summed E-state index contributed by atoms with van der Waals surface area (Å²) in [6, 6.07) is 0. The molecule has 1 aliphatic heterocycles. The lowest BCUT2D eigenvalue weighted by Crippen LogP contribution is -2.26. The molecule has 8 heteroatoms. The number of ether oxygens (including phenoxy) is 1. The lowest BCUT2D eigenvalue weighted by atomic mass is 10.5. The molecule has 1 aromatic heterocycles. The first-order valence-electron chi connectivity index (χ1n) is 4.58. The molecule has 3 N–H and O–H groups in total. The van der Waals surface area contributed by atoms with Gasteiger partial charge in [-0.25, -0.2) is 9.18 Å². The molecule has 88 valence electrons. The first-order valence-corrected chi connectivity index (χ1v) is 5.63. The lowest BCUT2D eigenvalue weighted by molar-refractivity contribution is 0.0485. The lowest BCUT2D eigenvalue weighted by Gasteiger charge is -2.13. The van der Waals surface area contributed by atoms with Crippen molar-refractivity contribution in [2.24, 2.45) is 0 Å². The molecule has 2 heterocycles. The average molecular weight is 247 g/mol. The summed E-state index contributed by atoms with van der Waals surface area (Å²) in [6.07, 6.45) is 0.481. The van der Waals surface area contributed by atoms with Gasteiger partial charge >= 0.3 is 5.69 Å². The minimum Gasteiger partial charge on any atom is -0.393 e. The average Bonchev–Trinajstić information content (AvgIpc) is 2.71. The zero-order valence-electron chi connectivity index (χ0n) is 8.14. The van der Waals surface area contributed by atoms with Gasteiger partial charge in [0.15, 0.2) is 11.6 Å². The number of halogens is 1. The highest BCUT2D eigenvalue weighted by Gasteiger charge is 2.26. The van der Waals surface area contributed by atoms with E-state index in [1.54, 1.807) is 0 Å². The molecule has 1 saturated heterocycles. The van der Waals surface area contributed by atoms with Crippen LogP contribution in [0.4, 0.5) is 10.2 Å². The summed E-state index contributed by atoms with van der Waals surface area (Å²) < 4.78 is 18.5. The van der Waals surface area contributed by atoms with Crippen LogP contribution in [0, 0.1) is 5.82 Å². The molecule has 1 aromatic rings. The molecule has 6 nitrogen and oxygen atoms in total. The molecule has 0 spiro atoms. The van der Waals surface area contributed by atoms with E-state index in [9.17, 15) is 9.18 Å². The molecule has 2 rings (SSSR count). The van der Waals surface area contributed by atoms with E-state index in [4.69, 9.17) is 9.84 Å². The zero-order valence-corrected chi connectivity index (χ0v) is 8.96. The summed E-state index contributed by atoms with van der Waals surface area (Å²) in [5.74, 6) is -0.243. The SMILES string of the molecule is O=c1nc(N[C@H]2CS[C@@H](CO)O2)c(F)c[nH]1.